The van der Waals surface area contributed by atoms with E-state index >= 15 is 0 Å². The van der Waals surface area contributed by atoms with Crippen LogP contribution in [-0.4, -0.2) is 39.7 Å². The molecular weight excluding hydrogens is 392 g/mol. The summed E-state index contributed by atoms with van der Waals surface area (Å²) in [5.41, 5.74) is 1.09. The Balaban J connectivity index is 1.87. The molecule has 0 atom stereocenters. The van der Waals surface area contributed by atoms with E-state index in [2.05, 4.69) is 0 Å². The minimum Gasteiger partial charge on any atom is -0.465 e. The first-order valence-electron chi connectivity index (χ1n) is 9.00. The highest BCUT2D eigenvalue weighted by atomic mass is 16.7. The van der Waals surface area contributed by atoms with Crippen molar-refractivity contribution in [1.29, 1.82) is 0 Å². The Kier molecular flexibility index (Phi) is 5.30. The normalized spacial score (nSPS) is 14.5. The highest BCUT2D eigenvalue weighted by Gasteiger charge is 2.26. The molecule has 154 valence electrons. The molecule has 2 aromatic rings. The average Bonchev–Trinajstić information content (AvgIpc) is 3.45. The molecule has 8 heteroatoms. The molecule has 0 saturated heterocycles. The van der Waals surface area contributed by atoms with Gasteiger partial charge in [-0.3, -0.25) is 0 Å². The first-order chi connectivity index (χ1) is 14.6. The molecule has 0 aliphatic carbocycles. The Bertz CT molecular complexity index is 981. The summed E-state index contributed by atoms with van der Waals surface area (Å²) in [4.78, 5) is 25.3. The lowest BCUT2D eigenvalue weighted by atomic mass is 9.99. The van der Waals surface area contributed by atoms with Crippen molar-refractivity contribution in [3.8, 4) is 23.0 Å². The van der Waals surface area contributed by atoms with Crippen LogP contribution in [0.3, 0.4) is 0 Å². The van der Waals surface area contributed by atoms with Gasteiger partial charge in [0.15, 0.2) is 23.0 Å². The highest BCUT2D eigenvalue weighted by Crippen LogP contribution is 2.39. The third-order valence-electron chi connectivity index (χ3n) is 4.55. The Morgan fingerprint density at radius 2 is 1.17 bits per heavy atom. The summed E-state index contributed by atoms with van der Waals surface area (Å²) >= 11 is 0. The molecule has 30 heavy (non-hydrogen) atoms. The summed E-state index contributed by atoms with van der Waals surface area (Å²) in [6, 6.07) is 10.5. The summed E-state index contributed by atoms with van der Waals surface area (Å²) in [5, 5.41) is 0. The number of methoxy groups -OCH3 is 2. The Morgan fingerprint density at radius 1 is 0.733 bits per heavy atom. The molecule has 0 aromatic heterocycles. The van der Waals surface area contributed by atoms with Gasteiger partial charge in [-0.2, -0.15) is 0 Å². The number of hydrogen-bond donors (Lipinski definition) is 0. The SMILES string of the molecule is COC(=O)C(=C\c1cccc2c1OCO2)/C(=C\c1cccc2c1OCO2)C(=O)OC. The van der Waals surface area contributed by atoms with Crippen LogP contribution in [-0.2, 0) is 19.1 Å². The third kappa shape index (κ3) is 3.55. The highest BCUT2D eigenvalue weighted by molar-refractivity contribution is 6.13. The lowest BCUT2D eigenvalue weighted by Crippen LogP contribution is -2.15. The lowest BCUT2D eigenvalue weighted by Gasteiger charge is -2.11. The van der Waals surface area contributed by atoms with Crippen molar-refractivity contribution >= 4 is 24.1 Å². The summed E-state index contributed by atoms with van der Waals surface area (Å²) in [5.74, 6) is 0.604. The summed E-state index contributed by atoms with van der Waals surface area (Å²) < 4.78 is 31.6. The van der Waals surface area contributed by atoms with Crippen molar-refractivity contribution in [3.63, 3.8) is 0 Å². The fourth-order valence-corrected chi connectivity index (χ4v) is 3.16. The molecule has 0 spiro atoms. The Hall–Kier alpha value is -3.94. The van der Waals surface area contributed by atoms with Gasteiger partial charge in [-0.05, 0) is 24.3 Å². The van der Waals surface area contributed by atoms with Gasteiger partial charge in [-0.25, -0.2) is 9.59 Å². The van der Waals surface area contributed by atoms with E-state index < -0.39 is 11.9 Å². The van der Waals surface area contributed by atoms with Crippen LogP contribution in [0.2, 0.25) is 0 Å². The van der Waals surface area contributed by atoms with Gasteiger partial charge in [0.25, 0.3) is 0 Å². The van der Waals surface area contributed by atoms with E-state index in [1.165, 1.54) is 26.4 Å². The molecule has 0 unspecified atom stereocenters. The predicted molar refractivity (Wildman–Crippen MR) is 105 cm³/mol. The van der Waals surface area contributed by atoms with Gasteiger partial charge in [-0.15, -0.1) is 0 Å². The van der Waals surface area contributed by atoms with E-state index in [-0.39, 0.29) is 24.7 Å². The van der Waals surface area contributed by atoms with E-state index in [4.69, 9.17) is 28.4 Å². The molecule has 0 amide bonds. The number of carbonyl (C=O) groups excluding carboxylic acids is 2. The molecule has 2 aliphatic heterocycles. The molecule has 0 N–H and O–H groups in total. The Morgan fingerprint density at radius 3 is 1.57 bits per heavy atom. The molecular formula is C22H18O8. The maximum Gasteiger partial charge on any atom is 0.338 e. The zero-order chi connectivity index (χ0) is 21.1. The number of esters is 2. The van der Waals surface area contributed by atoms with Crippen molar-refractivity contribution in [2.75, 3.05) is 27.8 Å². The van der Waals surface area contributed by atoms with Crippen LogP contribution < -0.4 is 18.9 Å². The van der Waals surface area contributed by atoms with Crippen molar-refractivity contribution in [3.05, 3.63) is 58.7 Å². The smallest absolute Gasteiger partial charge is 0.338 e. The monoisotopic (exact) mass is 410 g/mol. The van der Waals surface area contributed by atoms with Crippen LogP contribution in [0.25, 0.3) is 12.2 Å². The van der Waals surface area contributed by atoms with Gasteiger partial charge >= 0.3 is 11.9 Å². The molecule has 2 heterocycles. The summed E-state index contributed by atoms with van der Waals surface area (Å²) in [6.45, 7) is 0.141. The van der Waals surface area contributed by atoms with E-state index in [0.29, 0.717) is 34.1 Å². The van der Waals surface area contributed by atoms with E-state index in [1.54, 1.807) is 36.4 Å². The van der Waals surface area contributed by atoms with Gasteiger partial charge in [0, 0.05) is 11.1 Å². The van der Waals surface area contributed by atoms with Crippen LogP contribution >= 0.6 is 0 Å². The van der Waals surface area contributed by atoms with E-state index in [0.717, 1.165) is 0 Å². The fraction of sp³-hybridized carbons (Fsp3) is 0.182. The number of benzene rings is 2. The standard InChI is InChI=1S/C22H18O8/c1-25-21(23)15(9-13-5-3-7-17-19(13)29-11-27-17)16(22(24)26-2)10-14-6-4-8-18-20(14)30-12-28-18/h3-10H,11-12H2,1-2H3/b15-9-,16-10+. The quantitative estimate of drug-likeness (QED) is 0.422. The van der Waals surface area contributed by atoms with Crippen molar-refractivity contribution in [1.82, 2.24) is 0 Å². The molecule has 2 aliphatic rings. The van der Waals surface area contributed by atoms with Gasteiger partial charge < -0.3 is 28.4 Å². The van der Waals surface area contributed by atoms with Gasteiger partial charge in [-0.1, -0.05) is 24.3 Å². The molecule has 2 aromatic carbocycles. The van der Waals surface area contributed by atoms with Crippen molar-refractivity contribution < 1.29 is 38.0 Å². The van der Waals surface area contributed by atoms with Gasteiger partial charge in [0.05, 0.1) is 25.4 Å². The fourth-order valence-electron chi connectivity index (χ4n) is 3.16. The number of carbonyl (C=O) groups is 2. The average molecular weight is 410 g/mol. The molecule has 0 bridgehead atoms. The van der Waals surface area contributed by atoms with Crippen LogP contribution in [0.5, 0.6) is 23.0 Å². The molecule has 4 rings (SSSR count). The zero-order valence-electron chi connectivity index (χ0n) is 16.3. The second-order valence-corrected chi connectivity index (χ2v) is 6.26. The zero-order valence-corrected chi connectivity index (χ0v) is 16.3. The minimum absolute atomic E-state index is 0.00947. The molecule has 0 saturated carbocycles. The maximum absolute atomic E-state index is 12.6. The largest absolute Gasteiger partial charge is 0.465 e. The van der Waals surface area contributed by atoms with E-state index in [9.17, 15) is 9.59 Å². The minimum atomic E-state index is -0.715. The molecule has 8 nitrogen and oxygen atoms in total. The number of hydrogen-bond acceptors (Lipinski definition) is 8. The predicted octanol–water partition coefficient (Wildman–Crippen LogP) is 2.96. The maximum atomic E-state index is 12.6. The molecule has 0 fully saturated rings. The van der Waals surface area contributed by atoms with Gasteiger partial charge in [0.1, 0.15) is 0 Å². The van der Waals surface area contributed by atoms with E-state index in [1.807, 2.05) is 0 Å². The van der Waals surface area contributed by atoms with Gasteiger partial charge in [0.2, 0.25) is 13.6 Å². The Labute approximate surface area is 172 Å². The van der Waals surface area contributed by atoms with Crippen LogP contribution in [0, 0.1) is 0 Å². The van der Waals surface area contributed by atoms with Crippen LogP contribution in [0.4, 0.5) is 0 Å². The summed E-state index contributed by atoms with van der Waals surface area (Å²) in [6.07, 6.45) is 3.01. The third-order valence-corrected chi connectivity index (χ3v) is 4.55. The van der Waals surface area contributed by atoms with Crippen LogP contribution in [0.1, 0.15) is 11.1 Å². The van der Waals surface area contributed by atoms with Crippen LogP contribution in [0.15, 0.2) is 47.5 Å². The molecule has 0 radical (unpaired) electrons. The summed E-state index contributed by atoms with van der Waals surface area (Å²) in [7, 11) is 2.47. The first kappa shape index (κ1) is 19.4. The first-order valence-corrected chi connectivity index (χ1v) is 9.00. The van der Waals surface area contributed by atoms with Crippen molar-refractivity contribution in [2.45, 2.75) is 0 Å². The topological polar surface area (TPSA) is 89.5 Å². The number of ether oxygens (including phenoxy) is 6. The second kappa shape index (κ2) is 8.20. The van der Waals surface area contributed by atoms with Crippen molar-refractivity contribution in [2.24, 2.45) is 0 Å². The number of rotatable bonds is 5. The number of para-hydroxylation sites is 2. The number of fused-ring (bicyclic) bond motifs is 2. The second-order valence-electron chi connectivity index (χ2n) is 6.26. The lowest BCUT2D eigenvalue weighted by molar-refractivity contribution is -0.139.